The van der Waals surface area contributed by atoms with Crippen molar-refractivity contribution >= 4 is 28.1 Å². The van der Waals surface area contributed by atoms with Crippen LogP contribution >= 0.6 is 11.3 Å². The van der Waals surface area contributed by atoms with Crippen LogP contribution in [0.5, 0.6) is 0 Å². The van der Waals surface area contributed by atoms with E-state index in [4.69, 9.17) is 0 Å². The summed E-state index contributed by atoms with van der Waals surface area (Å²) in [6, 6.07) is 3.71. The van der Waals surface area contributed by atoms with Crippen LogP contribution in [0.15, 0.2) is 29.9 Å². The molecule has 22 heavy (non-hydrogen) atoms. The Hall–Kier alpha value is -2.15. The minimum absolute atomic E-state index is 0.0559. The molecular formula is C15H19N5OS. The number of nitrogens with one attached hydrogen (secondary N) is 2. The Morgan fingerprint density at radius 3 is 3.00 bits per heavy atom. The van der Waals surface area contributed by atoms with Gasteiger partial charge in [0.2, 0.25) is 5.91 Å². The molecule has 2 N–H and O–H groups in total. The molecule has 3 rings (SSSR count). The van der Waals surface area contributed by atoms with E-state index in [2.05, 4.69) is 25.5 Å². The highest BCUT2D eigenvalue weighted by atomic mass is 32.1. The Morgan fingerprint density at radius 1 is 1.36 bits per heavy atom. The van der Waals surface area contributed by atoms with Crippen molar-refractivity contribution in [3.63, 3.8) is 0 Å². The summed E-state index contributed by atoms with van der Waals surface area (Å²) < 4.78 is 0. The number of hydrogen-bond acceptors (Lipinski definition) is 6. The van der Waals surface area contributed by atoms with Gasteiger partial charge in [-0.2, -0.15) is 0 Å². The van der Waals surface area contributed by atoms with E-state index in [0.717, 1.165) is 29.6 Å². The van der Waals surface area contributed by atoms with Crippen molar-refractivity contribution in [2.24, 2.45) is 0 Å². The molecule has 0 aromatic carbocycles. The van der Waals surface area contributed by atoms with E-state index in [9.17, 15) is 4.79 Å². The van der Waals surface area contributed by atoms with Crippen molar-refractivity contribution in [1.29, 1.82) is 0 Å². The van der Waals surface area contributed by atoms with Gasteiger partial charge >= 0.3 is 0 Å². The number of hydrogen-bond donors (Lipinski definition) is 2. The molecule has 1 aliphatic rings. The molecule has 0 bridgehead atoms. The summed E-state index contributed by atoms with van der Waals surface area (Å²) in [5, 5.41) is 8.99. The van der Waals surface area contributed by atoms with E-state index in [1.807, 2.05) is 17.5 Å². The fourth-order valence-electron chi connectivity index (χ4n) is 2.33. The maximum absolute atomic E-state index is 11.8. The summed E-state index contributed by atoms with van der Waals surface area (Å²) in [6.45, 7) is 2.88. The summed E-state index contributed by atoms with van der Waals surface area (Å²) in [5.74, 6) is -0.0559. The number of nitrogens with zero attached hydrogens (tertiary/aromatic N) is 3. The first kappa shape index (κ1) is 14.8. The lowest BCUT2D eigenvalue weighted by atomic mass is 10.4. The van der Waals surface area contributed by atoms with Gasteiger partial charge in [-0.15, -0.1) is 11.3 Å². The highest BCUT2D eigenvalue weighted by molar-refractivity contribution is 7.13. The van der Waals surface area contributed by atoms with Gasteiger partial charge in [0.05, 0.1) is 24.5 Å². The second-order valence-electron chi connectivity index (χ2n) is 5.19. The van der Waals surface area contributed by atoms with Gasteiger partial charge < -0.3 is 15.5 Å². The second-order valence-corrected chi connectivity index (χ2v) is 6.02. The van der Waals surface area contributed by atoms with Crippen LogP contribution in [0.1, 0.15) is 18.5 Å². The number of carbonyl (C=O) groups excluding carboxylic acids is 1. The van der Waals surface area contributed by atoms with Gasteiger partial charge in [-0.05, 0) is 25.0 Å². The zero-order valence-electron chi connectivity index (χ0n) is 12.3. The standard InChI is InChI=1S/C15H19N5OS/c21-14(10-17-12-4-3-5-16-8-12)18-9-13-11-22-15(19-13)20-6-1-2-7-20/h3-5,8,11,17H,1-2,6-7,9-10H2,(H,18,21). The van der Waals surface area contributed by atoms with Crippen molar-refractivity contribution in [3.8, 4) is 0 Å². The molecule has 116 valence electrons. The molecule has 2 aromatic rings. The fourth-order valence-corrected chi connectivity index (χ4v) is 3.21. The van der Waals surface area contributed by atoms with E-state index in [1.54, 1.807) is 23.7 Å². The smallest absolute Gasteiger partial charge is 0.239 e. The number of amides is 1. The van der Waals surface area contributed by atoms with Crippen LogP contribution in [-0.4, -0.2) is 35.5 Å². The molecule has 3 heterocycles. The minimum Gasteiger partial charge on any atom is -0.375 e. The first-order valence-electron chi connectivity index (χ1n) is 7.41. The molecule has 1 fully saturated rings. The maximum Gasteiger partial charge on any atom is 0.239 e. The fraction of sp³-hybridized carbons (Fsp3) is 0.400. The van der Waals surface area contributed by atoms with Crippen LogP contribution in [0.25, 0.3) is 0 Å². The highest BCUT2D eigenvalue weighted by Gasteiger charge is 2.15. The van der Waals surface area contributed by atoms with Crippen LogP contribution in [0, 0.1) is 0 Å². The highest BCUT2D eigenvalue weighted by Crippen LogP contribution is 2.24. The zero-order chi connectivity index (χ0) is 15.2. The predicted molar refractivity (Wildman–Crippen MR) is 88.1 cm³/mol. The lowest BCUT2D eigenvalue weighted by molar-refractivity contribution is -0.119. The Morgan fingerprint density at radius 2 is 2.23 bits per heavy atom. The number of carbonyl (C=O) groups is 1. The zero-order valence-corrected chi connectivity index (χ0v) is 13.1. The number of rotatable bonds is 6. The SMILES string of the molecule is O=C(CNc1cccnc1)NCc1csc(N2CCCC2)n1. The molecule has 1 saturated heterocycles. The molecule has 0 radical (unpaired) electrons. The Bertz CT molecular complexity index is 609. The lowest BCUT2D eigenvalue weighted by Crippen LogP contribution is -2.29. The lowest BCUT2D eigenvalue weighted by Gasteiger charge is -2.12. The molecule has 7 heteroatoms. The van der Waals surface area contributed by atoms with Gasteiger partial charge in [-0.1, -0.05) is 0 Å². The molecule has 2 aromatic heterocycles. The van der Waals surface area contributed by atoms with Crippen molar-refractivity contribution in [2.45, 2.75) is 19.4 Å². The van der Waals surface area contributed by atoms with Gasteiger partial charge in [-0.25, -0.2) is 4.98 Å². The molecular weight excluding hydrogens is 298 g/mol. The molecule has 0 atom stereocenters. The maximum atomic E-state index is 11.8. The van der Waals surface area contributed by atoms with E-state index in [0.29, 0.717) is 6.54 Å². The first-order chi connectivity index (χ1) is 10.8. The molecule has 1 amide bonds. The topological polar surface area (TPSA) is 70.2 Å². The molecule has 6 nitrogen and oxygen atoms in total. The van der Waals surface area contributed by atoms with Crippen LogP contribution in [0.4, 0.5) is 10.8 Å². The Balaban J connectivity index is 1.43. The quantitative estimate of drug-likeness (QED) is 0.851. The summed E-state index contributed by atoms with van der Waals surface area (Å²) in [4.78, 5) is 22.7. The van der Waals surface area contributed by atoms with E-state index < -0.39 is 0 Å². The Kier molecular flexibility index (Phi) is 4.85. The van der Waals surface area contributed by atoms with Crippen LogP contribution in [-0.2, 0) is 11.3 Å². The van der Waals surface area contributed by atoms with Crippen molar-refractivity contribution in [2.75, 3.05) is 29.9 Å². The van der Waals surface area contributed by atoms with Crippen LogP contribution in [0.3, 0.4) is 0 Å². The molecule has 1 aliphatic heterocycles. The summed E-state index contributed by atoms with van der Waals surface area (Å²) in [6.07, 6.45) is 5.87. The van der Waals surface area contributed by atoms with Gasteiger partial charge in [0, 0.05) is 30.9 Å². The molecule has 0 unspecified atom stereocenters. The molecule has 0 spiro atoms. The van der Waals surface area contributed by atoms with Crippen molar-refractivity contribution in [3.05, 3.63) is 35.6 Å². The summed E-state index contributed by atoms with van der Waals surface area (Å²) in [5.41, 5.74) is 1.75. The predicted octanol–water partition coefficient (Wildman–Crippen LogP) is 1.87. The molecule has 0 aliphatic carbocycles. The summed E-state index contributed by atoms with van der Waals surface area (Å²) >= 11 is 1.65. The van der Waals surface area contributed by atoms with Gasteiger partial charge in [0.1, 0.15) is 0 Å². The average molecular weight is 317 g/mol. The third kappa shape index (κ3) is 3.94. The Labute approximate surface area is 133 Å². The van der Waals surface area contributed by atoms with Crippen molar-refractivity contribution < 1.29 is 4.79 Å². The van der Waals surface area contributed by atoms with E-state index in [-0.39, 0.29) is 12.5 Å². The first-order valence-corrected chi connectivity index (χ1v) is 8.29. The van der Waals surface area contributed by atoms with Crippen molar-refractivity contribution in [1.82, 2.24) is 15.3 Å². The monoisotopic (exact) mass is 317 g/mol. The number of thiazole rings is 1. The number of aromatic nitrogens is 2. The largest absolute Gasteiger partial charge is 0.375 e. The number of anilines is 2. The van der Waals surface area contributed by atoms with Crippen LogP contribution in [0.2, 0.25) is 0 Å². The van der Waals surface area contributed by atoms with E-state index in [1.165, 1.54) is 12.8 Å². The third-order valence-electron chi connectivity index (χ3n) is 3.50. The van der Waals surface area contributed by atoms with Crippen LogP contribution < -0.4 is 15.5 Å². The van der Waals surface area contributed by atoms with Gasteiger partial charge in [-0.3, -0.25) is 9.78 Å². The molecule has 0 saturated carbocycles. The minimum atomic E-state index is -0.0559. The third-order valence-corrected chi connectivity index (χ3v) is 4.45. The van der Waals surface area contributed by atoms with E-state index >= 15 is 0 Å². The average Bonchev–Trinajstić information content (AvgIpc) is 3.22. The van der Waals surface area contributed by atoms with Gasteiger partial charge in [0.15, 0.2) is 5.13 Å². The van der Waals surface area contributed by atoms with Gasteiger partial charge in [0.25, 0.3) is 0 Å². The number of pyridine rings is 1. The second kappa shape index (κ2) is 7.22. The normalized spacial score (nSPS) is 14.1. The summed E-state index contributed by atoms with van der Waals surface area (Å²) in [7, 11) is 0.